The average Bonchev–Trinajstić information content (AvgIpc) is 3.14. The van der Waals surface area contributed by atoms with Crippen molar-refractivity contribution in [3.05, 3.63) is 48.6 Å². The van der Waals surface area contributed by atoms with Gasteiger partial charge in [0.1, 0.15) is 13.2 Å². The van der Waals surface area contributed by atoms with Crippen LogP contribution in [0.2, 0.25) is 0 Å². The van der Waals surface area contributed by atoms with Gasteiger partial charge in [-0.3, -0.25) is 14.4 Å². The first kappa shape index (κ1) is 49.4. The maximum atomic E-state index is 12.6. The minimum Gasteiger partial charge on any atom is -0.462 e. The van der Waals surface area contributed by atoms with Crippen LogP contribution in [0.25, 0.3) is 0 Å². The molecule has 0 aromatic carbocycles. The lowest BCUT2D eigenvalue weighted by atomic mass is 10.1. The number of carbonyl (C=O) groups is 3. The molecule has 1 atom stereocenters. The maximum Gasteiger partial charge on any atom is 0.306 e. The molecule has 0 saturated carbocycles. The Hall–Kier alpha value is -2.63. The Morgan fingerprint density at radius 2 is 0.731 bits per heavy atom. The molecule has 6 nitrogen and oxygen atoms in total. The van der Waals surface area contributed by atoms with E-state index in [4.69, 9.17) is 14.2 Å². The molecule has 0 aliphatic heterocycles. The number of rotatable bonds is 38. The summed E-state index contributed by atoms with van der Waals surface area (Å²) in [6, 6.07) is 0. The Bertz CT molecular complexity index is 933. The van der Waals surface area contributed by atoms with E-state index in [0.29, 0.717) is 19.3 Å². The molecule has 0 bridgehead atoms. The van der Waals surface area contributed by atoms with Gasteiger partial charge in [0.2, 0.25) is 0 Å². The molecule has 0 aliphatic rings. The van der Waals surface area contributed by atoms with Crippen LogP contribution in [0.1, 0.15) is 207 Å². The predicted octanol–water partition coefficient (Wildman–Crippen LogP) is 13.6. The third-order valence-electron chi connectivity index (χ3n) is 9.04. The smallest absolute Gasteiger partial charge is 0.306 e. The minimum atomic E-state index is -0.779. The van der Waals surface area contributed by atoms with E-state index >= 15 is 0 Å². The van der Waals surface area contributed by atoms with E-state index in [1.165, 1.54) is 57.8 Å². The molecule has 0 fully saturated rings. The Kier molecular flexibility index (Phi) is 39.1. The summed E-state index contributed by atoms with van der Waals surface area (Å²) in [5, 5.41) is 0. The molecule has 0 N–H and O–H groups in total. The Morgan fingerprint density at radius 1 is 0.385 bits per heavy atom. The highest BCUT2D eigenvalue weighted by molar-refractivity contribution is 5.71. The van der Waals surface area contributed by atoms with Gasteiger partial charge in [-0.25, -0.2) is 0 Å². The number of allylic oxidation sites excluding steroid dienone is 8. The second kappa shape index (κ2) is 41.1. The zero-order valence-corrected chi connectivity index (χ0v) is 34.1. The summed E-state index contributed by atoms with van der Waals surface area (Å²) < 4.78 is 16.6. The van der Waals surface area contributed by atoms with Crippen molar-refractivity contribution in [1.82, 2.24) is 0 Å². The molecule has 0 heterocycles. The van der Waals surface area contributed by atoms with Gasteiger partial charge in [0.15, 0.2) is 6.10 Å². The molecular formula is C46H80O6. The second-order valence-electron chi connectivity index (χ2n) is 14.3. The van der Waals surface area contributed by atoms with Crippen LogP contribution in [0.15, 0.2) is 48.6 Å². The summed E-state index contributed by atoms with van der Waals surface area (Å²) in [6.07, 6.45) is 46.8. The van der Waals surface area contributed by atoms with Crippen molar-refractivity contribution in [2.24, 2.45) is 0 Å². The molecule has 0 aromatic heterocycles. The Morgan fingerprint density at radius 3 is 1.17 bits per heavy atom. The fourth-order valence-electron chi connectivity index (χ4n) is 5.74. The fourth-order valence-corrected chi connectivity index (χ4v) is 5.74. The number of hydrogen-bond donors (Lipinski definition) is 0. The highest BCUT2D eigenvalue weighted by Gasteiger charge is 2.19. The van der Waals surface area contributed by atoms with Crippen LogP contribution >= 0.6 is 0 Å². The Balaban J connectivity index is 4.34. The van der Waals surface area contributed by atoms with Crippen LogP contribution in [0.5, 0.6) is 0 Å². The summed E-state index contributed by atoms with van der Waals surface area (Å²) in [5.74, 6) is -0.926. The van der Waals surface area contributed by atoms with E-state index in [2.05, 4.69) is 69.4 Å². The quantitative estimate of drug-likeness (QED) is 0.0272. The topological polar surface area (TPSA) is 78.9 Å². The summed E-state index contributed by atoms with van der Waals surface area (Å²) in [4.78, 5) is 37.5. The van der Waals surface area contributed by atoms with E-state index in [-0.39, 0.29) is 31.1 Å². The summed E-state index contributed by atoms with van der Waals surface area (Å²) in [6.45, 7) is 6.44. The van der Waals surface area contributed by atoms with Gasteiger partial charge in [0, 0.05) is 19.3 Å². The molecule has 0 aromatic rings. The SMILES string of the molecule is CCC/C=C\C/C=C\CCCCCCCC(=O)OC(COC(=O)CCCCCCCC)COC(=O)CCCCCCC/C=C\C/C=C\CCCCC. The molecule has 1 unspecified atom stereocenters. The molecule has 6 heteroatoms. The van der Waals surface area contributed by atoms with Crippen LogP contribution in [0, 0.1) is 0 Å². The average molecular weight is 729 g/mol. The number of ether oxygens (including phenoxy) is 3. The van der Waals surface area contributed by atoms with Crippen molar-refractivity contribution in [1.29, 1.82) is 0 Å². The third-order valence-corrected chi connectivity index (χ3v) is 9.04. The van der Waals surface area contributed by atoms with Gasteiger partial charge < -0.3 is 14.2 Å². The van der Waals surface area contributed by atoms with Crippen molar-refractivity contribution < 1.29 is 28.6 Å². The highest BCUT2D eigenvalue weighted by atomic mass is 16.6. The van der Waals surface area contributed by atoms with Gasteiger partial charge in [-0.15, -0.1) is 0 Å². The zero-order chi connectivity index (χ0) is 38.0. The van der Waals surface area contributed by atoms with Gasteiger partial charge >= 0.3 is 17.9 Å². The van der Waals surface area contributed by atoms with Gasteiger partial charge in [-0.2, -0.15) is 0 Å². The summed E-state index contributed by atoms with van der Waals surface area (Å²) in [7, 11) is 0. The first-order chi connectivity index (χ1) is 25.5. The van der Waals surface area contributed by atoms with Gasteiger partial charge in [-0.1, -0.05) is 159 Å². The molecule has 0 radical (unpaired) electrons. The molecule has 0 amide bonds. The summed E-state index contributed by atoms with van der Waals surface area (Å²) in [5.41, 5.74) is 0. The number of carbonyl (C=O) groups excluding carboxylic acids is 3. The van der Waals surface area contributed by atoms with E-state index in [1.807, 2.05) is 0 Å². The number of esters is 3. The first-order valence-electron chi connectivity index (χ1n) is 21.6. The minimum absolute atomic E-state index is 0.0840. The van der Waals surface area contributed by atoms with Crippen molar-refractivity contribution in [2.75, 3.05) is 13.2 Å². The van der Waals surface area contributed by atoms with Crippen molar-refractivity contribution in [2.45, 2.75) is 213 Å². The van der Waals surface area contributed by atoms with Crippen LogP contribution in [0.4, 0.5) is 0 Å². The normalized spacial score (nSPS) is 12.4. The largest absolute Gasteiger partial charge is 0.462 e. The molecular weight excluding hydrogens is 648 g/mol. The van der Waals surface area contributed by atoms with Crippen LogP contribution in [-0.4, -0.2) is 37.2 Å². The lowest BCUT2D eigenvalue weighted by Crippen LogP contribution is -2.30. The van der Waals surface area contributed by atoms with E-state index in [1.54, 1.807) is 0 Å². The van der Waals surface area contributed by atoms with Crippen LogP contribution < -0.4 is 0 Å². The zero-order valence-electron chi connectivity index (χ0n) is 34.1. The van der Waals surface area contributed by atoms with E-state index in [0.717, 1.165) is 109 Å². The molecule has 300 valence electrons. The Labute approximate surface area is 320 Å². The number of hydrogen-bond acceptors (Lipinski definition) is 6. The molecule has 0 aliphatic carbocycles. The standard InChI is InChI=1S/C46H80O6/c1-4-7-10-13-16-18-20-22-23-25-26-28-30-33-36-39-45(48)51-42-43(41-50-44(47)38-35-32-15-12-9-6-3)52-46(49)40-37-34-31-29-27-24-21-19-17-14-11-8-5-2/h11,14,16,18-19,21-23,43H,4-10,12-13,15,17,20,24-42H2,1-3H3/b14-11-,18-16-,21-19-,23-22-. The predicted molar refractivity (Wildman–Crippen MR) is 219 cm³/mol. The van der Waals surface area contributed by atoms with E-state index in [9.17, 15) is 14.4 Å². The van der Waals surface area contributed by atoms with Gasteiger partial charge in [0.25, 0.3) is 0 Å². The molecule has 52 heavy (non-hydrogen) atoms. The lowest BCUT2D eigenvalue weighted by Gasteiger charge is -2.18. The molecule has 0 rings (SSSR count). The maximum absolute atomic E-state index is 12.6. The monoisotopic (exact) mass is 729 g/mol. The van der Waals surface area contributed by atoms with E-state index < -0.39 is 6.10 Å². The van der Waals surface area contributed by atoms with Crippen molar-refractivity contribution >= 4 is 17.9 Å². The van der Waals surface area contributed by atoms with Gasteiger partial charge in [-0.05, 0) is 77.0 Å². The molecule has 0 saturated heterocycles. The first-order valence-corrected chi connectivity index (χ1v) is 21.6. The molecule has 0 spiro atoms. The van der Waals surface area contributed by atoms with Gasteiger partial charge in [0.05, 0.1) is 0 Å². The van der Waals surface area contributed by atoms with Crippen molar-refractivity contribution in [3.63, 3.8) is 0 Å². The summed E-state index contributed by atoms with van der Waals surface area (Å²) >= 11 is 0. The third kappa shape index (κ3) is 38.6. The lowest BCUT2D eigenvalue weighted by molar-refractivity contribution is -0.167. The number of unbranched alkanes of at least 4 members (excludes halogenated alkanes) is 19. The second-order valence-corrected chi connectivity index (χ2v) is 14.3. The van der Waals surface area contributed by atoms with Crippen LogP contribution in [0.3, 0.4) is 0 Å². The fraction of sp³-hybridized carbons (Fsp3) is 0.761. The van der Waals surface area contributed by atoms with Crippen molar-refractivity contribution in [3.8, 4) is 0 Å². The van der Waals surface area contributed by atoms with Crippen LogP contribution in [-0.2, 0) is 28.6 Å². The highest BCUT2D eigenvalue weighted by Crippen LogP contribution is 2.13.